The van der Waals surface area contributed by atoms with E-state index in [1.807, 2.05) is 36.4 Å². The average Bonchev–Trinajstić information content (AvgIpc) is 3.61. The van der Waals surface area contributed by atoms with E-state index in [0.717, 1.165) is 33.5 Å². The number of nitrogens with zero attached hydrogens (tertiary/aromatic N) is 4. The summed E-state index contributed by atoms with van der Waals surface area (Å²) >= 11 is 0. The van der Waals surface area contributed by atoms with Gasteiger partial charge in [-0.3, -0.25) is 0 Å². The van der Waals surface area contributed by atoms with Gasteiger partial charge in [0.2, 0.25) is 0 Å². The van der Waals surface area contributed by atoms with Crippen molar-refractivity contribution in [2.75, 3.05) is 0 Å². The average molecular weight is 703 g/mol. The molecule has 2 aromatic heterocycles. The van der Waals surface area contributed by atoms with Crippen LogP contribution in [0.15, 0.2) is 206 Å². The first-order valence-electron chi connectivity index (χ1n) is 18.5. The van der Waals surface area contributed by atoms with Crippen molar-refractivity contribution in [3.63, 3.8) is 0 Å². The standard InChI is InChI=1S/C51H34N4/c1-4-13-35(14-5-1)41-19-12-20-42(33-41)37-23-25-39(26-24-37)50-52-49(38-17-8-3-9-18-38)53-51(54-50)40-27-30-44(31-28-40)55-47-22-11-10-21-45(47)46-32-29-43(34-48(46)55)36-15-6-2-7-16-36/h1-34H. The van der Waals surface area contributed by atoms with Gasteiger partial charge in [-0.05, 0) is 75.8 Å². The Hall–Kier alpha value is -7.43. The molecular weight excluding hydrogens is 669 g/mol. The molecule has 0 saturated carbocycles. The second-order valence-electron chi connectivity index (χ2n) is 13.7. The Bertz CT molecular complexity index is 2930. The minimum Gasteiger partial charge on any atom is -0.309 e. The number of hydrogen-bond acceptors (Lipinski definition) is 3. The van der Waals surface area contributed by atoms with Crippen LogP contribution in [0.5, 0.6) is 0 Å². The molecule has 0 bridgehead atoms. The van der Waals surface area contributed by atoms with E-state index in [0.29, 0.717) is 17.5 Å². The summed E-state index contributed by atoms with van der Waals surface area (Å²) in [5.41, 5.74) is 13.3. The molecule has 0 spiro atoms. The van der Waals surface area contributed by atoms with Crippen LogP contribution in [-0.4, -0.2) is 19.5 Å². The van der Waals surface area contributed by atoms with Crippen molar-refractivity contribution in [3.05, 3.63) is 206 Å². The molecule has 0 fully saturated rings. The van der Waals surface area contributed by atoms with Crippen LogP contribution in [-0.2, 0) is 0 Å². The summed E-state index contributed by atoms with van der Waals surface area (Å²) < 4.78 is 2.35. The Balaban J connectivity index is 1.03. The number of rotatable bonds is 7. The normalized spacial score (nSPS) is 11.3. The van der Waals surface area contributed by atoms with Gasteiger partial charge in [0.1, 0.15) is 0 Å². The Morgan fingerprint density at radius 2 is 0.636 bits per heavy atom. The molecule has 10 aromatic rings. The lowest BCUT2D eigenvalue weighted by Gasteiger charge is -2.11. The number of aromatic nitrogens is 4. The van der Waals surface area contributed by atoms with Gasteiger partial charge in [0.25, 0.3) is 0 Å². The summed E-state index contributed by atoms with van der Waals surface area (Å²) in [5.74, 6) is 1.90. The number of fused-ring (bicyclic) bond motifs is 3. The highest BCUT2D eigenvalue weighted by molar-refractivity contribution is 6.10. The van der Waals surface area contributed by atoms with Gasteiger partial charge in [0.15, 0.2) is 17.5 Å². The molecule has 0 N–H and O–H groups in total. The smallest absolute Gasteiger partial charge is 0.164 e. The quantitative estimate of drug-likeness (QED) is 0.166. The highest BCUT2D eigenvalue weighted by Crippen LogP contribution is 2.36. The van der Waals surface area contributed by atoms with Crippen LogP contribution in [0.3, 0.4) is 0 Å². The zero-order chi connectivity index (χ0) is 36.6. The molecule has 0 aliphatic carbocycles. The van der Waals surface area contributed by atoms with E-state index in [1.165, 1.54) is 44.1 Å². The molecule has 0 amide bonds. The summed E-state index contributed by atoms with van der Waals surface area (Å²) in [7, 11) is 0. The molecule has 55 heavy (non-hydrogen) atoms. The second kappa shape index (κ2) is 13.8. The van der Waals surface area contributed by atoms with Crippen molar-refractivity contribution < 1.29 is 0 Å². The molecular formula is C51H34N4. The third-order valence-corrected chi connectivity index (χ3v) is 10.3. The maximum Gasteiger partial charge on any atom is 0.164 e. The van der Waals surface area contributed by atoms with Crippen molar-refractivity contribution in [1.82, 2.24) is 19.5 Å². The van der Waals surface area contributed by atoms with E-state index in [-0.39, 0.29) is 0 Å². The van der Waals surface area contributed by atoms with Gasteiger partial charge in [0, 0.05) is 33.2 Å². The number of hydrogen-bond donors (Lipinski definition) is 0. The molecule has 0 unspecified atom stereocenters. The Kier molecular flexibility index (Phi) is 8.12. The molecule has 2 heterocycles. The van der Waals surface area contributed by atoms with Gasteiger partial charge in [0.05, 0.1) is 11.0 Å². The van der Waals surface area contributed by atoms with E-state index >= 15 is 0 Å². The fourth-order valence-corrected chi connectivity index (χ4v) is 7.49. The van der Waals surface area contributed by atoms with Crippen LogP contribution in [0.1, 0.15) is 0 Å². The van der Waals surface area contributed by atoms with Crippen molar-refractivity contribution >= 4 is 21.8 Å². The maximum atomic E-state index is 5.06. The number of para-hydroxylation sites is 1. The van der Waals surface area contributed by atoms with Crippen molar-refractivity contribution in [2.45, 2.75) is 0 Å². The summed E-state index contributed by atoms with van der Waals surface area (Å²) in [6.45, 7) is 0. The fourth-order valence-electron chi connectivity index (χ4n) is 7.49. The van der Waals surface area contributed by atoms with E-state index in [1.54, 1.807) is 0 Å². The van der Waals surface area contributed by atoms with E-state index in [9.17, 15) is 0 Å². The maximum absolute atomic E-state index is 5.06. The molecule has 8 aromatic carbocycles. The minimum absolute atomic E-state index is 0.628. The van der Waals surface area contributed by atoms with Gasteiger partial charge < -0.3 is 4.57 Å². The highest BCUT2D eigenvalue weighted by Gasteiger charge is 2.16. The van der Waals surface area contributed by atoms with E-state index in [4.69, 9.17) is 15.0 Å². The van der Waals surface area contributed by atoms with Crippen LogP contribution in [0.25, 0.3) is 95.0 Å². The largest absolute Gasteiger partial charge is 0.309 e. The third-order valence-electron chi connectivity index (χ3n) is 10.3. The first-order valence-corrected chi connectivity index (χ1v) is 18.5. The lowest BCUT2D eigenvalue weighted by Crippen LogP contribution is -2.00. The molecule has 4 nitrogen and oxygen atoms in total. The summed E-state index contributed by atoms with van der Waals surface area (Å²) in [6.07, 6.45) is 0. The van der Waals surface area contributed by atoms with Crippen molar-refractivity contribution in [1.29, 1.82) is 0 Å². The Morgan fingerprint density at radius 1 is 0.255 bits per heavy atom. The van der Waals surface area contributed by atoms with Gasteiger partial charge in [-0.15, -0.1) is 0 Å². The molecule has 0 aliphatic heterocycles. The Morgan fingerprint density at radius 3 is 1.22 bits per heavy atom. The summed E-state index contributed by atoms with van der Waals surface area (Å²) in [4.78, 5) is 15.1. The highest BCUT2D eigenvalue weighted by atomic mass is 15.0. The van der Waals surface area contributed by atoms with Gasteiger partial charge in [-0.25, -0.2) is 15.0 Å². The van der Waals surface area contributed by atoms with Crippen LogP contribution in [0, 0.1) is 0 Å². The molecule has 258 valence electrons. The molecule has 10 rings (SSSR count). The summed E-state index contributed by atoms with van der Waals surface area (Å²) in [6, 6.07) is 72.3. The molecule has 0 saturated heterocycles. The minimum atomic E-state index is 0.628. The fraction of sp³-hybridized carbons (Fsp3) is 0. The molecule has 4 heteroatoms. The lowest BCUT2D eigenvalue weighted by atomic mass is 9.98. The zero-order valence-electron chi connectivity index (χ0n) is 29.9. The Labute approximate surface area is 319 Å². The van der Waals surface area contributed by atoms with Gasteiger partial charge >= 0.3 is 0 Å². The van der Waals surface area contributed by atoms with Crippen LogP contribution in [0.4, 0.5) is 0 Å². The first kappa shape index (κ1) is 32.2. The predicted octanol–water partition coefficient (Wildman–Crippen LogP) is 13.0. The molecule has 0 atom stereocenters. The van der Waals surface area contributed by atoms with Crippen LogP contribution in [0.2, 0.25) is 0 Å². The molecule has 0 radical (unpaired) electrons. The van der Waals surface area contributed by atoms with Crippen molar-refractivity contribution in [3.8, 4) is 73.2 Å². The second-order valence-corrected chi connectivity index (χ2v) is 13.7. The van der Waals surface area contributed by atoms with E-state index < -0.39 is 0 Å². The monoisotopic (exact) mass is 702 g/mol. The lowest BCUT2D eigenvalue weighted by molar-refractivity contribution is 1.07. The number of benzene rings is 8. The molecule has 0 aliphatic rings. The van der Waals surface area contributed by atoms with Gasteiger partial charge in [-0.2, -0.15) is 0 Å². The third kappa shape index (κ3) is 6.16. The van der Waals surface area contributed by atoms with Crippen LogP contribution < -0.4 is 0 Å². The van der Waals surface area contributed by atoms with Crippen LogP contribution >= 0.6 is 0 Å². The van der Waals surface area contributed by atoms with Gasteiger partial charge in [-0.1, -0.05) is 164 Å². The first-order chi connectivity index (χ1) is 27.2. The zero-order valence-corrected chi connectivity index (χ0v) is 29.9. The SMILES string of the molecule is c1ccc(-c2cccc(-c3ccc(-c4nc(-c5ccccc5)nc(-c5ccc(-n6c7ccccc7c7ccc(-c8ccccc8)cc76)cc5)n4)cc3)c2)cc1. The topological polar surface area (TPSA) is 43.6 Å². The predicted molar refractivity (Wildman–Crippen MR) is 227 cm³/mol. The summed E-state index contributed by atoms with van der Waals surface area (Å²) in [5, 5.41) is 2.45. The van der Waals surface area contributed by atoms with Crippen molar-refractivity contribution in [2.24, 2.45) is 0 Å². The van der Waals surface area contributed by atoms with E-state index in [2.05, 4.69) is 174 Å².